The Labute approximate surface area is 145 Å². The molecule has 4 aliphatic rings. The van der Waals surface area contributed by atoms with Crippen LogP contribution in [0.3, 0.4) is 0 Å². The topological polar surface area (TPSA) is 54.4 Å². The van der Waals surface area contributed by atoms with Crippen molar-refractivity contribution < 1.29 is 14.7 Å². The molecule has 1 N–H and O–H groups in total. The summed E-state index contributed by atoms with van der Waals surface area (Å²) in [4.78, 5) is 25.5. The molecule has 0 aromatic rings. The maximum Gasteiger partial charge on any atom is 0.137 e. The van der Waals surface area contributed by atoms with E-state index >= 15 is 0 Å². The molecule has 4 aliphatic carbocycles. The number of Topliss-reactive ketones (excluding diaryl/α,β-unsaturated/α-hetero) is 2. The monoisotopic (exact) mass is 332 g/mol. The average Bonchev–Trinajstić information content (AvgIpc) is 2.84. The molecule has 4 saturated carbocycles. The highest BCUT2D eigenvalue weighted by Gasteiger charge is 2.63. The lowest BCUT2D eigenvalue weighted by Crippen LogP contribution is -2.58. The van der Waals surface area contributed by atoms with Gasteiger partial charge in [0.25, 0.3) is 0 Å². The van der Waals surface area contributed by atoms with Gasteiger partial charge in [0, 0.05) is 18.3 Å². The lowest BCUT2D eigenvalue weighted by atomic mass is 9.44. The van der Waals surface area contributed by atoms with Crippen molar-refractivity contribution in [2.24, 2.45) is 40.4 Å². The number of hydrogen-bond donors (Lipinski definition) is 1. The average molecular weight is 332 g/mol. The number of aliphatic hydroxyl groups excluding tert-OH is 1. The smallest absolute Gasteiger partial charge is 0.137 e. The first-order valence-electron chi connectivity index (χ1n) is 9.98. The molecule has 134 valence electrons. The Morgan fingerprint density at radius 1 is 1.08 bits per heavy atom. The molecule has 0 aromatic heterocycles. The van der Waals surface area contributed by atoms with E-state index in [2.05, 4.69) is 13.8 Å². The van der Waals surface area contributed by atoms with Crippen LogP contribution in [0.4, 0.5) is 0 Å². The zero-order chi connectivity index (χ0) is 17.3. The number of carbonyl (C=O) groups is 2. The largest absolute Gasteiger partial charge is 0.393 e. The Balaban J connectivity index is 1.68. The Kier molecular flexibility index (Phi) is 3.77. The SMILES string of the molecule is CC(=O)C1CC[C@H]2C3CC[C@H]4C[C@H](O)CCC4(C)[C@H]3C(=O)CC12C. The quantitative estimate of drug-likeness (QED) is 0.795. The summed E-state index contributed by atoms with van der Waals surface area (Å²) >= 11 is 0. The fourth-order valence-electron chi connectivity index (χ4n) is 7.72. The van der Waals surface area contributed by atoms with E-state index in [-0.39, 0.29) is 34.6 Å². The van der Waals surface area contributed by atoms with Gasteiger partial charge in [0.15, 0.2) is 0 Å². The van der Waals surface area contributed by atoms with Gasteiger partial charge >= 0.3 is 0 Å². The third-order valence-corrected chi connectivity index (χ3v) is 8.81. The minimum atomic E-state index is -0.169. The number of ketones is 2. The van der Waals surface area contributed by atoms with Gasteiger partial charge in [-0.25, -0.2) is 0 Å². The molecule has 4 fully saturated rings. The van der Waals surface area contributed by atoms with Crippen LogP contribution in [0.5, 0.6) is 0 Å². The van der Waals surface area contributed by atoms with Gasteiger partial charge in [-0.05, 0) is 80.5 Å². The number of aliphatic hydroxyl groups is 1. The van der Waals surface area contributed by atoms with Crippen molar-refractivity contribution in [1.82, 2.24) is 0 Å². The minimum absolute atomic E-state index is 0.0782. The fourth-order valence-corrected chi connectivity index (χ4v) is 7.72. The van der Waals surface area contributed by atoms with E-state index in [9.17, 15) is 14.7 Å². The molecule has 0 saturated heterocycles. The van der Waals surface area contributed by atoms with Crippen LogP contribution in [0, 0.1) is 40.4 Å². The second-order valence-corrected chi connectivity index (χ2v) is 9.85. The third-order valence-electron chi connectivity index (χ3n) is 8.81. The molecule has 0 aromatic carbocycles. The summed E-state index contributed by atoms with van der Waals surface area (Å²) in [6, 6.07) is 0. The van der Waals surface area contributed by atoms with Gasteiger partial charge in [-0.1, -0.05) is 13.8 Å². The summed E-state index contributed by atoms with van der Waals surface area (Å²) in [6.07, 6.45) is 7.53. The second kappa shape index (κ2) is 5.40. The van der Waals surface area contributed by atoms with E-state index in [1.54, 1.807) is 6.92 Å². The van der Waals surface area contributed by atoms with E-state index < -0.39 is 0 Å². The van der Waals surface area contributed by atoms with Crippen LogP contribution in [0.15, 0.2) is 0 Å². The molecule has 24 heavy (non-hydrogen) atoms. The van der Waals surface area contributed by atoms with Crippen LogP contribution in [0.2, 0.25) is 0 Å². The highest BCUT2D eigenvalue weighted by molar-refractivity contribution is 5.87. The maximum atomic E-state index is 13.3. The first-order chi connectivity index (χ1) is 11.3. The predicted octanol–water partition coefficient (Wildman–Crippen LogP) is 3.77. The van der Waals surface area contributed by atoms with Crippen molar-refractivity contribution in [3.63, 3.8) is 0 Å². The summed E-state index contributed by atoms with van der Waals surface area (Å²) in [5, 5.41) is 10.1. The molecule has 8 atom stereocenters. The predicted molar refractivity (Wildman–Crippen MR) is 92.3 cm³/mol. The molecule has 4 unspecified atom stereocenters. The zero-order valence-corrected chi connectivity index (χ0v) is 15.4. The van der Waals surface area contributed by atoms with E-state index in [4.69, 9.17) is 0 Å². The number of rotatable bonds is 1. The van der Waals surface area contributed by atoms with Gasteiger partial charge < -0.3 is 5.11 Å². The Morgan fingerprint density at radius 3 is 2.54 bits per heavy atom. The molecule has 4 rings (SSSR count). The van der Waals surface area contributed by atoms with Crippen LogP contribution >= 0.6 is 0 Å². The van der Waals surface area contributed by atoms with Crippen molar-refractivity contribution >= 4 is 11.6 Å². The highest BCUT2D eigenvalue weighted by atomic mass is 16.3. The first kappa shape index (κ1) is 16.8. The second-order valence-electron chi connectivity index (χ2n) is 9.85. The first-order valence-corrected chi connectivity index (χ1v) is 9.98. The number of fused-ring (bicyclic) bond motifs is 5. The molecule has 0 radical (unpaired) electrons. The lowest BCUT2D eigenvalue weighted by molar-refractivity contribution is -0.162. The standard InChI is InChI=1S/C21H32O3/c1-12(22)16-6-7-17-15-5-4-13-10-14(23)8-9-20(13,2)19(15)18(24)11-21(16,17)3/h13-17,19,23H,4-11H2,1-3H3/t13-,14+,15?,16?,17-,19+,20?,21?/m0/s1. The van der Waals surface area contributed by atoms with Crippen molar-refractivity contribution in [2.45, 2.75) is 78.2 Å². The maximum absolute atomic E-state index is 13.3. The third kappa shape index (κ3) is 2.12. The number of carbonyl (C=O) groups excluding carboxylic acids is 2. The van der Waals surface area contributed by atoms with E-state index in [0.29, 0.717) is 30.0 Å². The summed E-state index contributed by atoms with van der Waals surface area (Å²) in [5.74, 6) is 2.48. The van der Waals surface area contributed by atoms with Crippen molar-refractivity contribution in [1.29, 1.82) is 0 Å². The van der Waals surface area contributed by atoms with Gasteiger partial charge in [-0.15, -0.1) is 0 Å². The minimum Gasteiger partial charge on any atom is -0.393 e. The molecule has 0 bridgehead atoms. The Bertz CT molecular complexity index is 569. The Morgan fingerprint density at radius 2 is 1.83 bits per heavy atom. The van der Waals surface area contributed by atoms with E-state index in [1.807, 2.05) is 0 Å². The number of hydrogen-bond acceptors (Lipinski definition) is 3. The summed E-state index contributed by atoms with van der Waals surface area (Å²) < 4.78 is 0. The van der Waals surface area contributed by atoms with Crippen LogP contribution in [0.25, 0.3) is 0 Å². The van der Waals surface area contributed by atoms with E-state index in [1.165, 1.54) is 0 Å². The van der Waals surface area contributed by atoms with Crippen molar-refractivity contribution in [3.05, 3.63) is 0 Å². The molecule has 0 amide bonds. The molecule has 0 aliphatic heterocycles. The lowest BCUT2D eigenvalue weighted by Gasteiger charge is -2.59. The summed E-state index contributed by atoms with van der Waals surface area (Å²) in [7, 11) is 0. The molecular formula is C21H32O3. The zero-order valence-electron chi connectivity index (χ0n) is 15.4. The summed E-state index contributed by atoms with van der Waals surface area (Å²) in [5.41, 5.74) is -0.0175. The van der Waals surface area contributed by atoms with Crippen LogP contribution in [-0.2, 0) is 9.59 Å². The van der Waals surface area contributed by atoms with Gasteiger partial charge in [-0.2, -0.15) is 0 Å². The van der Waals surface area contributed by atoms with Crippen LogP contribution in [-0.4, -0.2) is 22.8 Å². The van der Waals surface area contributed by atoms with Gasteiger partial charge in [0.05, 0.1) is 6.10 Å². The van der Waals surface area contributed by atoms with Gasteiger partial charge in [-0.3, -0.25) is 9.59 Å². The fraction of sp³-hybridized carbons (Fsp3) is 0.905. The highest BCUT2D eigenvalue weighted by Crippen LogP contribution is 2.66. The molecular weight excluding hydrogens is 300 g/mol. The molecule has 3 nitrogen and oxygen atoms in total. The molecule has 0 heterocycles. The van der Waals surface area contributed by atoms with Gasteiger partial charge in [0.2, 0.25) is 0 Å². The van der Waals surface area contributed by atoms with Gasteiger partial charge in [0.1, 0.15) is 11.6 Å². The normalized spacial score (nSPS) is 53.9. The molecule has 0 spiro atoms. The van der Waals surface area contributed by atoms with Crippen LogP contribution in [0.1, 0.15) is 72.1 Å². The van der Waals surface area contributed by atoms with Crippen LogP contribution < -0.4 is 0 Å². The molecule has 3 heteroatoms. The van der Waals surface area contributed by atoms with E-state index in [0.717, 1.165) is 44.9 Å². The Hall–Kier alpha value is -0.700. The van der Waals surface area contributed by atoms with Crippen molar-refractivity contribution in [2.75, 3.05) is 0 Å². The van der Waals surface area contributed by atoms with Crippen molar-refractivity contribution in [3.8, 4) is 0 Å². The summed E-state index contributed by atoms with van der Waals surface area (Å²) in [6.45, 7) is 6.28.